The van der Waals surface area contributed by atoms with Gasteiger partial charge in [0.15, 0.2) is 5.03 Å². The van der Waals surface area contributed by atoms with Gasteiger partial charge in [0.05, 0.1) is 6.61 Å². The first-order valence-electron chi connectivity index (χ1n) is 8.40. The van der Waals surface area contributed by atoms with Gasteiger partial charge in [0, 0.05) is 26.6 Å². The molecule has 0 rings (SSSR count). The third-order valence-corrected chi connectivity index (χ3v) is 3.19. The number of carbonyl (C=O) groups is 2. The van der Waals surface area contributed by atoms with Gasteiger partial charge in [-0.3, -0.25) is 15.0 Å². The summed E-state index contributed by atoms with van der Waals surface area (Å²) in [7, 11) is 1.48. The van der Waals surface area contributed by atoms with Gasteiger partial charge in [-0.2, -0.15) is 0 Å². The Balaban J connectivity index is 4.42. The second-order valence-corrected chi connectivity index (χ2v) is 6.02. The number of nitro groups is 1. The Morgan fingerprint density at radius 1 is 1.35 bits per heavy atom. The highest BCUT2D eigenvalue weighted by atomic mass is 16.7. The van der Waals surface area contributed by atoms with Crippen LogP contribution in [0.1, 0.15) is 39.5 Å². The Labute approximate surface area is 153 Å². The van der Waals surface area contributed by atoms with Crippen LogP contribution in [0, 0.1) is 28.0 Å². The van der Waals surface area contributed by atoms with Crippen LogP contribution in [0.15, 0.2) is 0 Å². The molecule has 0 saturated heterocycles. The van der Waals surface area contributed by atoms with Crippen molar-refractivity contribution in [2.45, 2.75) is 45.6 Å². The highest BCUT2D eigenvalue weighted by Crippen LogP contribution is 2.03. The molecule has 2 amide bonds. The third kappa shape index (κ3) is 12.9. The minimum atomic E-state index is -0.841. The minimum absolute atomic E-state index is 0.144. The smallest absolute Gasteiger partial charge is 0.251 e. The molecule has 0 saturated carbocycles. The van der Waals surface area contributed by atoms with Crippen molar-refractivity contribution < 1.29 is 19.4 Å². The van der Waals surface area contributed by atoms with Gasteiger partial charge in [-0.15, -0.1) is 0 Å². The van der Waals surface area contributed by atoms with E-state index in [1.54, 1.807) is 12.0 Å². The molecule has 0 fully saturated rings. The van der Waals surface area contributed by atoms with E-state index >= 15 is 0 Å². The molecule has 0 aliphatic rings. The number of hydrogen-bond acceptors (Lipinski definition) is 6. The molecule has 0 aliphatic heterocycles. The first-order valence-corrected chi connectivity index (χ1v) is 8.40. The first-order chi connectivity index (χ1) is 12.3. The van der Waals surface area contributed by atoms with Crippen molar-refractivity contribution in [3.05, 3.63) is 16.7 Å². The molecule has 0 aromatic heterocycles. The summed E-state index contributed by atoms with van der Waals surface area (Å²) >= 11 is 0. The van der Waals surface area contributed by atoms with Crippen molar-refractivity contribution in [1.29, 1.82) is 5.41 Å². The van der Waals surface area contributed by atoms with E-state index in [0.717, 1.165) is 0 Å². The van der Waals surface area contributed by atoms with Gasteiger partial charge in [0.25, 0.3) is 5.96 Å². The van der Waals surface area contributed by atoms with E-state index in [4.69, 9.17) is 10.1 Å². The molecule has 149 valence electrons. The van der Waals surface area contributed by atoms with E-state index in [2.05, 4.69) is 16.0 Å². The zero-order chi connectivity index (χ0) is 19.9. The summed E-state index contributed by atoms with van der Waals surface area (Å²) in [5.74, 6) is -0.666. The fraction of sp³-hybridized carbons (Fsp3) is 0.733. The first kappa shape index (κ1) is 23.6. The SMILES string of the molecule is COCCC(=O)N[C@@H](CCCNC(=N)N[N+](=O)[O-])C(=O)N[CH]CC(C)C. The third-order valence-electron chi connectivity index (χ3n) is 3.19. The van der Waals surface area contributed by atoms with Gasteiger partial charge in [-0.25, -0.2) is 10.1 Å². The lowest BCUT2D eigenvalue weighted by Crippen LogP contribution is -2.47. The predicted molar refractivity (Wildman–Crippen MR) is 95.4 cm³/mol. The number of rotatable bonds is 13. The van der Waals surface area contributed by atoms with E-state index in [1.807, 2.05) is 13.8 Å². The van der Waals surface area contributed by atoms with Gasteiger partial charge >= 0.3 is 0 Å². The van der Waals surface area contributed by atoms with Crippen LogP contribution in [0.4, 0.5) is 0 Å². The summed E-state index contributed by atoms with van der Waals surface area (Å²) < 4.78 is 4.84. The highest BCUT2D eigenvalue weighted by molar-refractivity contribution is 5.87. The molecule has 0 aliphatic carbocycles. The number of methoxy groups -OCH3 is 1. The Morgan fingerprint density at radius 2 is 2.04 bits per heavy atom. The molecule has 11 nitrogen and oxygen atoms in total. The summed E-state index contributed by atoms with van der Waals surface area (Å²) in [6, 6.07) is -0.734. The summed E-state index contributed by atoms with van der Waals surface area (Å²) in [5.41, 5.74) is 1.67. The highest BCUT2D eigenvalue weighted by Gasteiger charge is 2.20. The van der Waals surface area contributed by atoms with Crippen LogP contribution in [0.25, 0.3) is 0 Å². The summed E-state index contributed by atoms with van der Waals surface area (Å²) in [4.78, 5) is 34.3. The number of amides is 2. The van der Waals surface area contributed by atoms with Gasteiger partial charge in [-0.1, -0.05) is 19.3 Å². The molecular weight excluding hydrogens is 344 g/mol. The maximum absolute atomic E-state index is 12.3. The second kappa shape index (κ2) is 13.8. The number of nitrogens with zero attached hydrogens (tertiary/aromatic N) is 1. The van der Waals surface area contributed by atoms with Crippen LogP contribution in [0.2, 0.25) is 0 Å². The number of hydrazine groups is 1. The van der Waals surface area contributed by atoms with Crippen molar-refractivity contribution in [1.82, 2.24) is 21.4 Å². The summed E-state index contributed by atoms with van der Waals surface area (Å²) in [5, 5.41) is 24.5. The van der Waals surface area contributed by atoms with Gasteiger partial charge in [0.1, 0.15) is 6.04 Å². The predicted octanol–water partition coefficient (Wildman–Crippen LogP) is -0.0823. The van der Waals surface area contributed by atoms with E-state index in [-0.39, 0.29) is 31.4 Å². The number of ether oxygens (including phenoxy) is 1. The largest absolute Gasteiger partial charge is 0.384 e. The van der Waals surface area contributed by atoms with Crippen LogP contribution in [0.5, 0.6) is 0 Å². The standard InChI is InChI=1S/C15H29N6O5/c1-11(2)6-9-17-14(23)12(19-13(22)7-10-26-3)5-4-8-18-15(16)20-21(24)25/h9,11-12H,4-8,10H2,1-3H3,(H,17,23)(H,19,22)(H3,16,18,20)/t12-/m0/s1. The van der Waals surface area contributed by atoms with E-state index < -0.39 is 17.0 Å². The lowest BCUT2D eigenvalue weighted by molar-refractivity contribution is -0.525. The normalized spacial score (nSPS) is 11.5. The Kier molecular flexibility index (Phi) is 12.5. The lowest BCUT2D eigenvalue weighted by atomic mass is 10.1. The van der Waals surface area contributed by atoms with Crippen molar-refractivity contribution in [2.75, 3.05) is 20.3 Å². The Morgan fingerprint density at radius 3 is 2.62 bits per heavy atom. The molecule has 0 aromatic rings. The fourth-order valence-corrected chi connectivity index (χ4v) is 1.88. The van der Waals surface area contributed by atoms with Crippen LogP contribution < -0.4 is 21.4 Å². The number of carbonyl (C=O) groups excluding carboxylic acids is 2. The molecule has 5 N–H and O–H groups in total. The molecular formula is C15H29N6O5. The summed E-state index contributed by atoms with van der Waals surface area (Å²) in [6.07, 6.45) is 1.60. The van der Waals surface area contributed by atoms with Crippen molar-refractivity contribution in [3.8, 4) is 0 Å². The van der Waals surface area contributed by atoms with E-state index in [9.17, 15) is 19.7 Å². The monoisotopic (exact) mass is 373 g/mol. The fourth-order valence-electron chi connectivity index (χ4n) is 1.88. The topological polar surface area (TPSA) is 158 Å². The maximum atomic E-state index is 12.3. The second-order valence-electron chi connectivity index (χ2n) is 6.02. The van der Waals surface area contributed by atoms with Crippen LogP contribution in [-0.2, 0) is 14.3 Å². The maximum Gasteiger partial charge on any atom is 0.251 e. The van der Waals surface area contributed by atoms with Crippen LogP contribution >= 0.6 is 0 Å². The van der Waals surface area contributed by atoms with E-state index in [1.165, 1.54) is 7.11 Å². The van der Waals surface area contributed by atoms with Gasteiger partial charge in [0.2, 0.25) is 11.8 Å². The lowest BCUT2D eigenvalue weighted by Gasteiger charge is -2.19. The molecule has 0 unspecified atom stereocenters. The van der Waals surface area contributed by atoms with Crippen molar-refractivity contribution in [3.63, 3.8) is 0 Å². The van der Waals surface area contributed by atoms with Crippen molar-refractivity contribution in [2.24, 2.45) is 5.92 Å². The van der Waals surface area contributed by atoms with Gasteiger partial charge < -0.3 is 20.7 Å². The molecule has 0 bridgehead atoms. The number of guanidine groups is 1. The molecule has 0 spiro atoms. The van der Waals surface area contributed by atoms with Crippen LogP contribution in [0.3, 0.4) is 0 Å². The summed E-state index contributed by atoms with van der Waals surface area (Å²) in [6.45, 7) is 6.20. The molecule has 1 atom stereocenters. The average Bonchev–Trinajstić information content (AvgIpc) is 2.54. The quantitative estimate of drug-likeness (QED) is 0.0992. The minimum Gasteiger partial charge on any atom is -0.384 e. The molecule has 0 heterocycles. The molecule has 26 heavy (non-hydrogen) atoms. The number of hydrogen-bond donors (Lipinski definition) is 5. The van der Waals surface area contributed by atoms with Crippen LogP contribution in [-0.4, -0.2) is 49.1 Å². The van der Waals surface area contributed by atoms with Crippen molar-refractivity contribution >= 4 is 17.8 Å². The number of nitrogens with one attached hydrogen (secondary N) is 5. The van der Waals surface area contributed by atoms with Gasteiger partial charge in [-0.05, 0) is 25.2 Å². The zero-order valence-electron chi connectivity index (χ0n) is 15.5. The Hall–Kier alpha value is -2.43. The molecule has 1 radical (unpaired) electrons. The zero-order valence-corrected chi connectivity index (χ0v) is 15.5. The Bertz CT molecular complexity index is 471. The van der Waals surface area contributed by atoms with E-state index in [0.29, 0.717) is 25.2 Å². The average molecular weight is 373 g/mol. The molecule has 11 heteroatoms. The molecule has 0 aromatic carbocycles.